The second kappa shape index (κ2) is 30.9. The molecule has 0 radical (unpaired) electrons. The quantitative estimate of drug-likeness (QED) is 0.0337. The van der Waals surface area contributed by atoms with E-state index in [-0.39, 0.29) is 107 Å². The van der Waals surface area contributed by atoms with Gasteiger partial charge in [-0.3, -0.25) is 38.4 Å². The standard InChI is InChI=1S/C52H71N13O12/c1-74-41-17-13-29(25-33(41)45(58)66)60-50(71)38(10-6-22-54)63-47(68)35-27-31(15-19-43(35)76-3)62-52(73)40(12-8-24-56)65-48(69)36-28-32(16-20-44(36)77-4)61-51(72)39(11-7-23-55)64-46(67)34-26-30(14-18-42(34)75-2)59-49(70)37(57)9-5-21-53/h13-20,25-28,37-40H,5-12,21-24,53-57H2,1-4H3,(H2,58,66)(H,59,70)(H,60,71)(H,61,72)(H,62,73)(H,63,68)(H,64,67)(H,65,69)/t37-,38-,39-,40-/m0/s1. The van der Waals surface area contributed by atoms with Gasteiger partial charge in [0.15, 0.2) is 0 Å². The second-order valence-electron chi connectivity index (χ2n) is 17.4. The largest absolute Gasteiger partial charge is 0.496 e. The van der Waals surface area contributed by atoms with Crippen LogP contribution in [0.15, 0.2) is 72.8 Å². The van der Waals surface area contributed by atoms with Crippen molar-refractivity contribution >= 4 is 70.0 Å². The Balaban J connectivity index is 1.52. The van der Waals surface area contributed by atoms with Crippen molar-refractivity contribution < 1.29 is 57.3 Å². The number of primary amides is 1. The molecule has 0 bridgehead atoms. The summed E-state index contributed by atoms with van der Waals surface area (Å²) in [7, 11) is 5.39. The van der Waals surface area contributed by atoms with E-state index in [2.05, 4.69) is 37.2 Å². The number of ether oxygens (including phenoxy) is 4. The van der Waals surface area contributed by atoms with Crippen molar-refractivity contribution in [3.63, 3.8) is 0 Å². The SMILES string of the molecule is COc1ccc(NC(=O)[C@H](CCCN)NC(=O)c2cc(NC(=O)[C@H](CCCN)NC(=O)c3cc(NC(=O)[C@H](CCCN)NC(=O)c4cc(NC(=O)[C@@H](N)CCCN)ccc4OC)ccc3OC)ccc2OC)cc1C(N)=O. The van der Waals surface area contributed by atoms with Crippen LogP contribution in [0.5, 0.6) is 23.0 Å². The van der Waals surface area contributed by atoms with Crippen molar-refractivity contribution in [2.45, 2.75) is 75.5 Å². The number of rotatable bonds is 31. The summed E-state index contributed by atoms with van der Waals surface area (Å²) >= 11 is 0. The molecule has 0 aliphatic heterocycles. The average Bonchev–Trinajstić information content (AvgIpc) is 3.43. The summed E-state index contributed by atoms with van der Waals surface area (Å²) in [6.07, 6.45) is 2.21. The van der Waals surface area contributed by atoms with Gasteiger partial charge in [0, 0.05) is 22.7 Å². The Kier molecular flexibility index (Phi) is 24.5. The maximum Gasteiger partial charge on any atom is 0.255 e. The fourth-order valence-electron chi connectivity index (χ4n) is 7.74. The van der Waals surface area contributed by atoms with Crippen LogP contribution in [-0.4, -0.2) is 126 Å². The van der Waals surface area contributed by atoms with Crippen LogP contribution in [-0.2, 0) is 19.2 Å². The number of carbonyl (C=O) groups is 8. The van der Waals surface area contributed by atoms with Crippen molar-refractivity contribution in [2.24, 2.45) is 34.4 Å². The molecule has 0 saturated carbocycles. The number of nitrogens with one attached hydrogen (secondary N) is 7. The lowest BCUT2D eigenvalue weighted by Gasteiger charge is -2.21. The van der Waals surface area contributed by atoms with Crippen molar-refractivity contribution in [1.82, 2.24) is 16.0 Å². The monoisotopic (exact) mass is 1070 g/mol. The Bertz CT molecular complexity index is 2720. The predicted molar refractivity (Wildman–Crippen MR) is 290 cm³/mol. The fraction of sp³-hybridized carbons (Fsp3) is 0.385. The van der Waals surface area contributed by atoms with Crippen LogP contribution < -0.4 is 90.6 Å². The highest BCUT2D eigenvalue weighted by molar-refractivity contribution is 6.07. The molecule has 4 atom stereocenters. The zero-order valence-electron chi connectivity index (χ0n) is 43.6. The third-order valence-electron chi connectivity index (χ3n) is 11.9. The smallest absolute Gasteiger partial charge is 0.255 e. The highest BCUT2D eigenvalue weighted by Crippen LogP contribution is 2.28. The van der Waals surface area contributed by atoms with Crippen LogP contribution in [0.3, 0.4) is 0 Å². The van der Waals surface area contributed by atoms with E-state index in [0.717, 1.165) is 0 Å². The first-order valence-electron chi connectivity index (χ1n) is 24.7. The molecule has 0 saturated heterocycles. The van der Waals surface area contributed by atoms with Crippen LogP contribution in [0.1, 0.15) is 92.8 Å². The zero-order valence-corrected chi connectivity index (χ0v) is 43.6. The molecule has 77 heavy (non-hydrogen) atoms. The molecule has 4 rings (SSSR count). The summed E-state index contributed by atoms with van der Waals surface area (Å²) < 4.78 is 21.5. The predicted octanol–water partition coefficient (Wildman–Crippen LogP) is 1.25. The Morgan fingerprint density at radius 1 is 0.403 bits per heavy atom. The highest BCUT2D eigenvalue weighted by Gasteiger charge is 2.28. The molecular formula is C52H71N13O12. The second-order valence-corrected chi connectivity index (χ2v) is 17.4. The Morgan fingerprint density at radius 2 is 0.662 bits per heavy atom. The lowest BCUT2D eigenvalue weighted by molar-refractivity contribution is -0.118. The molecule has 0 aromatic heterocycles. The zero-order chi connectivity index (χ0) is 56.6. The van der Waals surface area contributed by atoms with Crippen molar-refractivity contribution in [3.8, 4) is 23.0 Å². The van der Waals surface area contributed by atoms with Crippen LogP contribution >= 0.6 is 0 Å². The minimum absolute atomic E-state index is 0.0142. The van der Waals surface area contributed by atoms with E-state index in [4.69, 9.17) is 53.3 Å². The molecule has 0 fully saturated rings. The van der Waals surface area contributed by atoms with Crippen molar-refractivity contribution in [3.05, 3.63) is 95.1 Å². The number of amides is 8. The molecule has 8 amide bonds. The molecule has 0 heterocycles. The van der Waals surface area contributed by atoms with Gasteiger partial charge in [0.05, 0.1) is 56.7 Å². The first kappa shape index (κ1) is 61.2. The van der Waals surface area contributed by atoms with Gasteiger partial charge in [-0.1, -0.05) is 0 Å². The Morgan fingerprint density at radius 3 is 0.935 bits per heavy atom. The third-order valence-corrected chi connectivity index (χ3v) is 11.9. The van der Waals surface area contributed by atoms with Crippen molar-refractivity contribution in [2.75, 3.05) is 75.9 Å². The highest BCUT2D eigenvalue weighted by atomic mass is 16.5. The minimum Gasteiger partial charge on any atom is -0.496 e. The fourth-order valence-corrected chi connectivity index (χ4v) is 7.74. The summed E-state index contributed by atoms with van der Waals surface area (Å²) in [5.41, 5.74) is 35.1. The van der Waals surface area contributed by atoms with Gasteiger partial charge < -0.3 is 90.6 Å². The molecule has 4 aromatic rings. The van der Waals surface area contributed by atoms with Gasteiger partial charge in [0.2, 0.25) is 23.6 Å². The number of carbonyl (C=O) groups excluding carboxylic acids is 8. The maximum absolute atomic E-state index is 14.1. The summed E-state index contributed by atoms with van der Waals surface area (Å²) in [6.45, 7) is 0.937. The average molecular weight is 1070 g/mol. The van der Waals surface area contributed by atoms with Gasteiger partial charge >= 0.3 is 0 Å². The molecule has 0 aliphatic rings. The van der Waals surface area contributed by atoms with Gasteiger partial charge in [-0.25, -0.2) is 0 Å². The van der Waals surface area contributed by atoms with Crippen LogP contribution in [0.4, 0.5) is 22.7 Å². The normalized spacial score (nSPS) is 12.3. The molecule has 4 aromatic carbocycles. The van der Waals surface area contributed by atoms with Gasteiger partial charge in [0.25, 0.3) is 23.6 Å². The molecular weight excluding hydrogens is 999 g/mol. The number of hydrogen-bond acceptors (Lipinski definition) is 17. The summed E-state index contributed by atoms with van der Waals surface area (Å²) in [6, 6.07) is 12.9. The molecule has 416 valence electrons. The molecule has 19 N–H and O–H groups in total. The van der Waals surface area contributed by atoms with E-state index in [0.29, 0.717) is 38.6 Å². The molecule has 0 aliphatic carbocycles. The number of nitrogens with two attached hydrogens (primary N) is 6. The molecule has 25 nitrogen and oxygen atoms in total. The van der Waals surface area contributed by atoms with Crippen LogP contribution in [0.25, 0.3) is 0 Å². The Labute approximate surface area is 445 Å². The summed E-state index contributed by atoms with van der Waals surface area (Å²) in [5, 5.41) is 19.0. The van der Waals surface area contributed by atoms with E-state index >= 15 is 0 Å². The van der Waals surface area contributed by atoms with Gasteiger partial charge in [-0.05, 0) is 150 Å². The van der Waals surface area contributed by atoms with E-state index in [1.807, 2.05) is 0 Å². The molecule has 25 heteroatoms. The first-order valence-corrected chi connectivity index (χ1v) is 24.7. The van der Waals surface area contributed by atoms with Gasteiger partial charge in [0.1, 0.15) is 41.1 Å². The summed E-state index contributed by atoms with van der Waals surface area (Å²) in [4.78, 5) is 108. The maximum atomic E-state index is 14.1. The van der Waals surface area contributed by atoms with Crippen molar-refractivity contribution in [1.29, 1.82) is 0 Å². The summed E-state index contributed by atoms with van der Waals surface area (Å²) in [5.74, 6) is -4.87. The lowest BCUT2D eigenvalue weighted by Crippen LogP contribution is -2.45. The van der Waals surface area contributed by atoms with E-state index in [9.17, 15) is 38.4 Å². The minimum atomic E-state index is -1.20. The third kappa shape index (κ3) is 17.9. The van der Waals surface area contributed by atoms with E-state index in [1.165, 1.54) is 101 Å². The first-order chi connectivity index (χ1) is 36.9. The van der Waals surface area contributed by atoms with E-state index in [1.54, 1.807) is 0 Å². The number of methoxy groups -OCH3 is 4. The molecule has 0 spiro atoms. The number of benzene rings is 4. The van der Waals surface area contributed by atoms with E-state index < -0.39 is 71.4 Å². The number of anilines is 4. The number of hydrogen-bond donors (Lipinski definition) is 13. The van der Waals surface area contributed by atoms with Crippen LogP contribution in [0, 0.1) is 0 Å². The van der Waals surface area contributed by atoms with Gasteiger partial charge in [-0.2, -0.15) is 0 Å². The molecule has 0 unspecified atom stereocenters. The van der Waals surface area contributed by atoms with Gasteiger partial charge in [-0.15, -0.1) is 0 Å². The van der Waals surface area contributed by atoms with Crippen LogP contribution in [0.2, 0.25) is 0 Å². The Hall–Kier alpha value is -8.36. The topological polar surface area (TPSA) is 414 Å². The lowest BCUT2D eigenvalue weighted by atomic mass is 10.1.